The van der Waals surface area contributed by atoms with Crippen molar-refractivity contribution in [2.24, 2.45) is 5.92 Å². The summed E-state index contributed by atoms with van der Waals surface area (Å²) in [7, 11) is 1.47. The Morgan fingerprint density at radius 2 is 1.64 bits per heavy atom. The van der Waals surface area contributed by atoms with Gasteiger partial charge in [0.1, 0.15) is 17.2 Å². The quantitative estimate of drug-likeness (QED) is 0.347. The van der Waals surface area contributed by atoms with Crippen LogP contribution >= 0.6 is 11.6 Å². The number of halogens is 1. The maximum absolute atomic E-state index is 12.6. The molecule has 0 spiro atoms. The number of amides is 2. The summed E-state index contributed by atoms with van der Waals surface area (Å²) in [5.74, 6) is -0.266. The molecule has 0 saturated carbocycles. The lowest BCUT2D eigenvalue weighted by atomic mass is 9.87. The molecule has 0 radical (unpaired) electrons. The molecule has 0 aliphatic carbocycles. The highest BCUT2D eigenvalue weighted by atomic mass is 35.5. The molecule has 9 heteroatoms. The Morgan fingerprint density at radius 3 is 2.26 bits per heavy atom. The van der Waals surface area contributed by atoms with Gasteiger partial charge in [0.05, 0.1) is 18.7 Å². The third kappa shape index (κ3) is 7.09. The molecule has 39 heavy (non-hydrogen) atoms. The van der Waals surface area contributed by atoms with E-state index in [0.29, 0.717) is 33.6 Å². The number of benzene rings is 3. The van der Waals surface area contributed by atoms with Crippen LogP contribution in [0.5, 0.6) is 17.2 Å². The van der Waals surface area contributed by atoms with Crippen molar-refractivity contribution >= 4 is 40.8 Å². The number of carbonyl (C=O) groups excluding carboxylic acids is 3. The number of hydrogen-bond acceptors (Lipinski definition) is 6. The Hall–Kier alpha value is -4.04. The second-order valence-electron chi connectivity index (χ2n) is 10.3. The molecule has 0 unspecified atom stereocenters. The van der Waals surface area contributed by atoms with Crippen LogP contribution in [0.1, 0.15) is 32.8 Å². The topological polar surface area (TPSA) is 94.2 Å². The fourth-order valence-corrected chi connectivity index (χ4v) is 4.36. The molecule has 2 amide bonds. The minimum Gasteiger partial charge on any atom is -0.495 e. The Morgan fingerprint density at radius 1 is 1.00 bits per heavy atom. The van der Waals surface area contributed by atoms with Gasteiger partial charge in [-0.05, 0) is 65.6 Å². The first-order chi connectivity index (χ1) is 18.5. The summed E-state index contributed by atoms with van der Waals surface area (Å²) < 4.78 is 16.3. The summed E-state index contributed by atoms with van der Waals surface area (Å²) in [5, 5.41) is 3.03. The molecule has 3 aromatic rings. The maximum atomic E-state index is 12.6. The molecule has 1 N–H and O–H groups in total. The molecule has 1 heterocycles. The van der Waals surface area contributed by atoms with Crippen molar-refractivity contribution in [2.45, 2.75) is 32.6 Å². The van der Waals surface area contributed by atoms with Gasteiger partial charge in [0.15, 0.2) is 6.61 Å². The molecule has 1 aliphatic heterocycles. The first-order valence-electron chi connectivity index (χ1n) is 12.5. The van der Waals surface area contributed by atoms with E-state index in [1.807, 2.05) is 24.3 Å². The largest absolute Gasteiger partial charge is 0.495 e. The van der Waals surface area contributed by atoms with Crippen LogP contribution in [-0.2, 0) is 24.5 Å². The highest BCUT2D eigenvalue weighted by Crippen LogP contribution is 2.31. The van der Waals surface area contributed by atoms with Gasteiger partial charge in [-0.3, -0.25) is 14.4 Å². The molecule has 1 fully saturated rings. The summed E-state index contributed by atoms with van der Waals surface area (Å²) in [6.45, 7) is 6.13. The van der Waals surface area contributed by atoms with E-state index in [-0.39, 0.29) is 24.3 Å². The van der Waals surface area contributed by atoms with Crippen molar-refractivity contribution in [1.82, 2.24) is 0 Å². The van der Waals surface area contributed by atoms with Crippen molar-refractivity contribution in [2.75, 3.05) is 30.5 Å². The molecular weight excluding hydrogens is 520 g/mol. The van der Waals surface area contributed by atoms with Crippen LogP contribution in [0, 0.1) is 5.92 Å². The number of ether oxygens (including phenoxy) is 3. The van der Waals surface area contributed by atoms with E-state index in [4.69, 9.17) is 25.8 Å². The minimum atomic E-state index is -0.678. The number of nitrogens with zero attached hydrogens (tertiary/aromatic N) is 1. The van der Waals surface area contributed by atoms with Gasteiger partial charge in [-0.15, -0.1) is 0 Å². The van der Waals surface area contributed by atoms with Crippen LogP contribution in [0.3, 0.4) is 0 Å². The zero-order valence-corrected chi connectivity index (χ0v) is 23.1. The molecule has 204 valence electrons. The number of nitrogens with one attached hydrogen (secondary N) is 1. The number of rotatable bonds is 8. The lowest BCUT2D eigenvalue weighted by molar-refractivity contribution is -0.151. The zero-order chi connectivity index (χ0) is 28.2. The fourth-order valence-electron chi connectivity index (χ4n) is 4.19. The van der Waals surface area contributed by atoms with E-state index in [0.717, 1.165) is 0 Å². The van der Waals surface area contributed by atoms with Gasteiger partial charge >= 0.3 is 5.97 Å². The van der Waals surface area contributed by atoms with Gasteiger partial charge in [-0.1, -0.05) is 44.5 Å². The predicted octanol–water partition coefficient (Wildman–Crippen LogP) is 5.97. The van der Waals surface area contributed by atoms with Crippen molar-refractivity contribution < 1.29 is 28.6 Å². The number of carbonyl (C=O) groups is 3. The average Bonchev–Trinajstić information content (AvgIpc) is 3.29. The molecule has 0 aromatic heterocycles. The van der Waals surface area contributed by atoms with Crippen LogP contribution in [0.4, 0.5) is 11.4 Å². The van der Waals surface area contributed by atoms with E-state index in [9.17, 15) is 14.4 Å². The maximum Gasteiger partial charge on any atom is 0.311 e. The van der Waals surface area contributed by atoms with Crippen LogP contribution in [0.25, 0.3) is 0 Å². The van der Waals surface area contributed by atoms with E-state index in [1.165, 1.54) is 23.6 Å². The third-order valence-electron chi connectivity index (χ3n) is 6.34. The summed E-state index contributed by atoms with van der Waals surface area (Å²) >= 11 is 5.98. The van der Waals surface area contributed by atoms with Gasteiger partial charge in [0.25, 0.3) is 5.91 Å². The summed E-state index contributed by atoms with van der Waals surface area (Å²) in [4.78, 5) is 39.1. The number of anilines is 2. The minimum absolute atomic E-state index is 0.000938. The summed E-state index contributed by atoms with van der Waals surface area (Å²) in [5.41, 5.74) is 2.29. The molecule has 1 saturated heterocycles. The normalized spacial score (nSPS) is 15.2. The molecular formula is C30H31ClN2O6. The lowest BCUT2D eigenvalue weighted by Crippen LogP contribution is -2.28. The Kier molecular flexibility index (Phi) is 8.45. The molecule has 8 nitrogen and oxygen atoms in total. The van der Waals surface area contributed by atoms with E-state index < -0.39 is 24.4 Å². The first kappa shape index (κ1) is 28.0. The van der Waals surface area contributed by atoms with E-state index in [2.05, 4.69) is 26.1 Å². The Labute approximate surface area is 232 Å². The van der Waals surface area contributed by atoms with Gasteiger partial charge in [0.2, 0.25) is 5.91 Å². The predicted molar refractivity (Wildman–Crippen MR) is 150 cm³/mol. The van der Waals surface area contributed by atoms with Crippen LogP contribution in [0.2, 0.25) is 5.02 Å². The van der Waals surface area contributed by atoms with Gasteiger partial charge in [-0.2, -0.15) is 0 Å². The van der Waals surface area contributed by atoms with Crippen molar-refractivity contribution in [1.29, 1.82) is 0 Å². The average molecular weight is 551 g/mol. The number of hydrogen-bond donors (Lipinski definition) is 1. The molecule has 1 aliphatic rings. The monoisotopic (exact) mass is 550 g/mol. The Bertz CT molecular complexity index is 1350. The van der Waals surface area contributed by atoms with Crippen LogP contribution < -0.4 is 19.7 Å². The highest BCUT2D eigenvalue weighted by Gasteiger charge is 2.36. The zero-order valence-electron chi connectivity index (χ0n) is 22.3. The smallest absolute Gasteiger partial charge is 0.311 e. The summed E-state index contributed by atoms with van der Waals surface area (Å²) in [6.07, 6.45) is 0.000938. The highest BCUT2D eigenvalue weighted by molar-refractivity contribution is 6.31. The van der Waals surface area contributed by atoms with Crippen LogP contribution in [-0.4, -0.2) is 38.0 Å². The number of methoxy groups -OCH3 is 1. The second-order valence-corrected chi connectivity index (χ2v) is 10.7. The van der Waals surface area contributed by atoms with E-state index in [1.54, 1.807) is 36.4 Å². The van der Waals surface area contributed by atoms with Gasteiger partial charge in [0, 0.05) is 23.7 Å². The molecule has 3 aromatic carbocycles. The van der Waals surface area contributed by atoms with Crippen LogP contribution in [0.15, 0.2) is 66.7 Å². The Balaban J connectivity index is 1.30. The molecule has 0 bridgehead atoms. The van der Waals surface area contributed by atoms with Gasteiger partial charge in [-0.25, -0.2) is 0 Å². The van der Waals surface area contributed by atoms with E-state index >= 15 is 0 Å². The fraction of sp³-hybridized carbons (Fsp3) is 0.300. The third-order valence-corrected chi connectivity index (χ3v) is 6.58. The standard InChI is InChI=1S/C30H31ClN2O6/c1-30(2,3)20-5-10-23(11-6-20)39-24-12-8-22(9-13-24)33-17-19(15-28(33)35)29(36)38-18-27(34)32-25-16-21(31)7-14-26(25)37-4/h5-14,16,19H,15,17-18H2,1-4H3,(H,32,34)/t19-/m0/s1. The number of esters is 1. The van der Waals surface area contributed by atoms with Crippen molar-refractivity contribution in [3.63, 3.8) is 0 Å². The molecule has 1 atom stereocenters. The molecule has 4 rings (SSSR count). The first-order valence-corrected chi connectivity index (χ1v) is 12.9. The van der Waals surface area contributed by atoms with Crippen molar-refractivity contribution in [3.05, 3.63) is 77.3 Å². The van der Waals surface area contributed by atoms with Crippen molar-refractivity contribution in [3.8, 4) is 17.2 Å². The SMILES string of the molecule is COc1ccc(Cl)cc1NC(=O)COC(=O)[C@H]1CC(=O)N(c2ccc(Oc3ccc(C(C)(C)C)cc3)cc2)C1. The lowest BCUT2D eigenvalue weighted by Gasteiger charge is -2.19. The summed E-state index contributed by atoms with van der Waals surface area (Å²) in [6, 6.07) is 19.8. The second kappa shape index (κ2) is 11.8. The van der Waals surface area contributed by atoms with Gasteiger partial charge < -0.3 is 24.4 Å².